The number of hydrogen-bond acceptors (Lipinski definition) is 8. The number of rotatable bonds is 5. The first kappa shape index (κ1) is 26.6. The summed E-state index contributed by atoms with van der Waals surface area (Å²) in [5.41, 5.74) is 11.0. The Morgan fingerprint density at radius 2 is 1.75 bits per heavy atom. The lowest BCUT2D eigenvalue weighted by Gasteiger charge is -2.47. The van der Waals surface area contributed by atoms with E-state index in [9.17, 15) is 14.0 Å². The zero-order chi connectivity index (χ0) is 26.1. The maximum absolute atomic E-state index is 13.9. The fraction of sp³-hybridized carbons (Fsp3) is 0.500. The third-order valence-corrected chi connectivity index (χ3v) is 7.54. The molecule has 1 atom stereocenters. The van der Waals surface area contributed by atoms with Crippen LogP contribution in [-0.2, 0) is 0 Å². The average molecular weight is 560 g/mol. The molecule has 4 rings (SSSR count). The molecule has 2 aliphatic rings. The highest BCUT2D eigenvalue weighted by molar-refractivity contribution is 6.34. The van der Waals surface area contributed by atoms with Crippen molar-refractivity contribution in [2.75, 3.05) is 43.4 Å². The molecule has 0 unspecified atom stereocenters. The molecule has 2 aromatic heterocycles. The second-order valence-electron chi connectivity index (χ2n) is 8.80. The van der Waals surface area contributed by atoms with E-state index in [4.69, 9.17) is 46.3 Å². The number of piperazine rings is 1. The molecule has 194 valence electrons. The van der Waals surface area contributed by atoms with E-state index in [1.54, 1.807) is 4.90 Å². The van der Waals surface area contributed by atoms with Crippen molar-refractivity contribution in [2.45, 2.75) is 38.3 Å². The minimum Gasteiger partial charge on any atom is -0.382 e. The van der Waals surface area contributed by atoms with Crippen LogP contribution in [0.1, 0.15) is 47.0 Å². The molecule has 2 saturated heterocycles. The third-order valence-electron chi connectivity index (χ3n) is 6.73. The lowest BCUT2D eigenvalue weighted by atomic mass is 9.97. The fourth-order valence-corrected chi connectivity index (χ4v) is 5.52. The van der Waals surface area contributed by atoms with E-state index < -0.39 is 11.7 Å². The van der Waals surface area contributed by atoms with Crippen molar-refractivity contribution in [1.29, 1.82) is 0 Å². The Morgan fingerprint density at radius 1 is 1.06 bits per heavy atom. The Hall–Kier alpha value is -2.47. The molecular weight excluding hydrogens is 534 g/mol. The second-order valence-corrected chi connectivity index (χ2v) is 9.88. The number of likely N-dealkylation sites (tertiary alicyclic amines) is 1. The highest BCUT2D eigenvalue weighted by Crippen LogP contribution is 2.30. The molecule has 2 amide bonds. The second kappa shape index (κ2) is 10.9. The Kier molecular flexibility index (Phi) is 8.03. The Bertz CT molecular complexity index is 1180. The molecule has 2 fully saturated rings. The van der Waals surface area contributed by atoms with Crippen LogP contribution in [0.3, 0.4) is 0 Å². The summed E-state index contributed by atoms with van der Waals surface area (Å²) >= 11 is 18.0. The predicted molar refractivity (Wildman–Crippen MR) is 136 cm³/mol. The summed E-state index contributed by atoms with van der Waals surface area (Å²) in [6.45, 7) is 5.20. The van der Waals surface area contributed by atoms with Gasteiger partial charge in [-0.15, -0.1) is 0 Å². The smallest absolute Gasteiger partial charge is 0.271 e. The van der Waals surface area contributed by atoms with Gasteiger partial charge in [0.2, 0.25) is 0 Å². The number of carbonyl (C=O) groups is 2. The highest BCUT2D eigenvalue weighted by atomic mass is 35.5. The lowest BCUT2D eigenvalue weighted by molar-refractivity contribution is 0.0490. The largest absolute Gasteiger partial charge is 0.382 e. The normalized spacial score (nSPS) is 19.5. The van der Waals surface area contributed by atoms with Gasteiger partial charge < -0.3 is 21.3 Å². The summed E-state index contributed by atoms with van der Waals surface area (Å²) in [6, 6.07) is 1.53. The van der Waals surface area contributed by atoms with E-state index in [1.807, 2.05) is 4.90 Å². The van der Waals surface area contributed by atoms with Gasteiger partial charge in [0.1, 0.15) is 5.15 Å². The van der Waals surface area contributed by atoms with Gasteiger partial charge in [0.05, 0.1) is 5.56 Å². The van der Waals surface area contributed by atoms with E-state index >= 15 is 0 Å². The van der Waals surface area contributed by atoms with E-state index in [2.05, 4.69) is 26.8 Å². The topological polar surface area (TPSA) is 135 Å². The van der Waals surface area contributed by atoms with Gasteiger partial charge in [0, 0.05) is 44.8 Å². The number of halogens is 4. The number of aromatic nitrogens is 3. The molecule has 36 heavy (non-hydrogen) atoms. The van der Waals surface area contributed by atoms with Gasteiger partial charge in [-0.2, -0.15) is 0 Å². The summed E-state index contributed by atoms with van der Waals surface area (Å²) in [5.74, 6) is -1.54. The molecule has 0 aliphatic carbocycles. The standard InChI is InChI=1S/C22H26Cl3FN8O2/c1-2-11-10-33(21-18(25)29-15(20(28)35)19(27)31-21)7-8-34(11)12-3-5-32(6-4-12)22(36)13-9-14(26)17(24)30-16(13)23/h9,11-12H,2-8,10H2,1H3,(H2,27,31)(H2,28,35)/t11-/m0/s1. The summed E-state index contributed by atoms with van der Waals surface area (Å²) in [7, 11) is 0. The van der Waals surface area contributed by atoms with Crippen molar-refractivity contribution < 1.29 is 14.0 Å². The number of piperidine rings is 1. The van der Waals surface area contributed by atoms with Crippen LogP contribution in [0, 0.1) is 5.82 Å². The van der Waals surface area contributed by atoms with Crippen molar-refractivity contribution in [3.05, 3.63) is 38.6 Å². The zero-order valence-corrected chi connectivity index (χ0v) is 21.8. The quantitative estimate of drug-likeness (QED) is 0.534. The first-order valence-electron chi connectivity index (χ1n) is 11.5. The minimum absolute atomic E-state index is 0.0108. The first-order chi connectivity index (χ1) is 17.1. The van der Waals surface area contributed by atoms with Gasteiger partial charge in [0.25, 0.3) is 11.8 Å². The summed E-state index contributed by atoms with van der Waals surface area (Å²) in [6.07, 6.45) is 2.43. The van der Waals surface area contributed by atoms with Gasteiger partial charge >= 0.3 is 0 Å². The maximum atomic E-state index is 13.9. The molecule has 4 N–H and O–H groups in total. The molecular formula is C22H26Cl3FN8O2. The van der Waals surface area contributed by atoms with Gasteiger partial charge in [-0.3, -0.25) is 14.5 Å². The van der Waals surface area contributed by atoms with E-state index in [-0.39, 0.29) is 50.5 Å². The number of primary amides is 1. The molecule has 0 bridgehead atoms. The molecule has 0 spiro atoms. The summed E-state index contributed by atoms with van der Waals surface area (Å²) in [5, 5.41) is -0.388. The van der Waals surface area contributed by atoms with Crippen molar-refractivity contribution in [3.8, 4) is 0 Å². The van der Waals surface area contributed by atoms with Crippen molar-refractivity contribution in [3.63, 3.8) is 0 Å². The van der Waals surface area contributed by atoms with Crippen LogP contribution in [0.25, 0.3) is 0 Å². The van der Waals surface area contributed by atoms with Gasteiger partial charge in [0.15, 0.2) is 33.5 Å². The van der Waals surface area contributed by atoms with Gasteiger partial charge in [-0.05, 0) is 25.3 Å². The zero-order valence-electron chi connectivity index (χ0n) is 19.6. The average Bonchev–Trinajstić information content (AvgIpc) is 2.86. The van der Waals surface area contributed by atoms with Crippen LogP contribution in [0.4, 0.5) is 16.0 Å². The minimum atomic E-state index is -0.783. The molecule has 4 heterocycles. The highest BCUT2D eigenvalue weighted by Gasteiger charge is 2.35. The number of nitrogen functional groups attached to an aromatic ring is 1. The number of hydrogen-bond donors (Lipinski definition) is 2. The Balaban J connectivity index is 1.40. The maximum Gasteiger partial charge on any atom is 0.271 e. The lowest BCUT2D eigenvalue weighted by Crippen LogP contribution is -2.58. The molecule has 0 radical (unpaired) electrons. The number of anilines is 2. The predicted octanol–water partition coefficient (Wildman–Crippen LogP) is 2.86. The van der Waals surface area contributed by atoms with Crippen LogP contribution in [-0.4, -0.2) is 81.4 Å². The summed E-state index contributed by atoms with van der Waals surface area (Å²) in [4.78, 5) is 42.6. The van der Waals surface area contributed by atoms with E-state index in [1.165, 1.54) is 0 Å². The number of carbonyl (C=O) groups excluding carboxylic acids is 2. The number of nitrogens with zero attached hydrogens (tertiary/aromatic N) is 6. The van der Waals surface area contributed by atoms with Crippen LogP contribution < -0.4 is 16.4 Å². The number of amides is 2. The first-order valence-corrected chi connectivity index (χ1v) is 12.7. The van der Waals surface area contributed by atoms with Crippen molar-refractivity contribution in [2.24, 2.45) is 5.73 Å². The molecule has 0 aromatic carbocycles. The van der Waals surface area contributed by atoms with E-state index in [0.717, 1.165) is 31.9 Å². The Morgan fingerprint density at radius 3 is 2.39 bits per heavy atom. The number of pyridine rings is 1. The Labute approximate surface area is 222 Å². The van der Waals surface area contributed by atoms with Crippen molar-refractivity contribution >= 4 is 58.3 Å². The molecule has 10 nitrogen and oxygen atoms in total. The van der Waals surface area contributed by atoms with Crippen molar-refractivity contribution in [1.82, 2.24) is 24.8 Å². The SMILES string of the molecule is CC[C@H]1CN(c2nc(N)c(C(N)=O)nc2Cl)CCN1C1CCN(C(=O)c2cc(F)c(Cl)nc2Cl)CC1. The summed E-state index contributed by atoms with van der Waals surface area (Å²) < 4.78 is 13.9. The fourth-order valence-electron chi connectivity index (χ4n) is 4.87. The van der Waals surface area contributed by atoms with Gasteiger partial charge in [-0.25, -0.2) is 19.3 Å². The molecule has 0 saturated carbocycles. The monoisotopic (exact) mass is 558 g/mol. The molecule has 14 heteroatoms. The van der Waals surface area contributed by atoms with Crippen LogP contribution in [0.2, 0.25) is 15.5 Å². The van der Waals surface area contributed by atoms with E-state index in [0.29, 0.717) is 32.0 Å². The van der Waals surface area contributed by atoms with Crippen LogP contribution in [0.5, 0.6) is 0 Å². The van der Waals surface area contributed by atoms with Crippen LogP contribution >= 0.6 is 34.8 Å². The van der Waals surface area contributed by atoms with Gasteiger partial charge in [-0.1, -0.05) is 41.7 Å². The van der Waals surface area contributed by atoms with Crippen LogP contribution in [0.15, 0.2) is 6.07 Å². The molecule has 2 aromatic rings. The number of nitrogens with two attached hydrogens (primary N) is 2. The third kappa shape index (κ3) is 5.29. The molecule has 2 aliphatic heterocycles.